The number of carbonyl (C=O) groups is 1. The number of aryl methyl sites for hydroxylation is 1. The maximum atomic E-state index is 13.8. The molecule has 4 aliphatic carbocycles. The SMILES string of the molecule is CC12Cc3cnn(CCC#N)c3C=C1CCC1C2C(O)CC2(C)C1CCC2(O)C(=O)CSc1nc2cccnc2s1. The lowest BCUT2D eigenvalue weighted by Crippen LogP contribution is -2.62. The molecular formula is C31H35N5O3S2. The quantitative estimate of drug-likeness (QED) is 0.383. The topological polar surface area (TPSA) is 125 Å². The van der Waals surface area contributed by atoms with Gasteiger partial charge in [0.1, 0.15) is 15.9 Å². The number of thioether (sulfide) groups is 1. The van der Waals surface area contributed by atoms with Gasteiger partial charge in [0, 0.05) is 11.6 Å². The van der Waals surface area contributed by atoms with Crippen LogP contribution in [0.4, 0.5) is 0 Å². The smallest absolute Gasteiger partial charge is 0.175 e. The molecule has 0 aromatic carbocycles. The molecule has 0 bridgehead atoms. The number of carbonyl (C=O) groups excluding carboxylic acids is 1. The van der Waals surface area contributed by atoms with Crippen molar-refractivity contribution < 1.29 is 15.0 Å². The monoisotopic (exact) mass is 589 g/mol. The van der Waals surface area contributed by atoms with Crippen LogP contribution >= 0.6 is 23.1 Å². The minimum atomic E-state index is -1.45. The van der Waals surface area contributed by atoms with Crippen LogP contribution in [0.2, 0.25) is 0 Å². The number of allylic oxidation sites excluding steroid dienone is 1. The number of rotatable bonds is 6. The van der Waals surface area contributed by atoms with Crippen molar-refractivity contribution in [3.05, 3.63) is 41.4 Å². The van der Waals surface area contributed by atoms with E-state index >= 15 is 0 Å². The van der Waals surface area contributed by atoms with E-state index in [1.165, 1.54) is 34.2 Å². The lowest BCUT2D eigenvalue weighted by Gasteiger charge is -2.60. The third-order valence-corrected chi connectivity index (χ3v) is 13.1. The molecule has 214 valence electrons. The third-order valence-electron chi connectivity index (χ3n) is 11.0. The summed E-state index contributed by atoms with van der Waals surface area (Å²) in [4.78, 5) is 23.6. The van der Waals surface area contributed by atoms with Gasteiger partial charge in [-0.3, -0.25) is 9.48 Å². The summed E-state index contributed by atoms with van der Waals surface area (Å²) in [5.41, 5.74) is 2.15. The third kappa shape index (κ3) is 3.99. The van der Waals surface area contributed by atoms with Gasteiger partial charge in [0.05, 0.1) is 42.8 Å². The number of aromatic nitrogens is 4. The second-order valence-electron chi connectivity index (χ2n) is 12.9. The molecule has 0 aliphatic heterocycles. The van der Waals surface area contributed by atoms with Crippen LogP contribution in [0.5, 0.6) is 0 Å². The highest BCUT2D eigenvalue weighted by molar-refractivity contribution is 8.01. The van der Waals surface area contributed by atoms with Crippen molar-refractivity contribution in [2.45, 2.75) is 81.4 Å². The maximum Gasteiger partial charge on any atom is 0.175 e. The first-order chi connectivity index (χ1) is 19.7. The Labute approximate surface area is 247 Å². The first kappa shape index (κ1) is 27.3. The summed E-state index contributed by atoms with van der Waals surface area (Å²) in [5, 5.41) is 37.6. The maximum absolute atomic E-state index is 13.8. The average molecular weight is 590 g/mol. The minimum absolute atomic E-state index is 0.0678. The van der Waals surface area contributed by atoms with Gasteiger partial charge < -0.3 is 10.2 Å². The number of pyridine rings is 1. The van der Waals surface area contributed by atoms with Crippen molar-refractivity contribution in [2.75, 3.05) is 5.75 Å². The predicted octanol–water partition coefficient (Wildman–Crippen LogP) is 5.05. The second-order valence-corrected chi connectivity index (χ2v) is 15.1. The first-order valence-corrected chi connectivity index (χ1v) is 16.4. The molecule has 7 unspecified atom stereocenters. The number of Topliss-reactive ketones (excluding diaryl/α,β-unsaturated/α-hetero) is 1. The van der Waals surface area contributed by atoms with Crippen LogP contribution in [0.1, 0.15) is 63.6 Å². The van der Waals surface area contributed by atoms with E-state index in [9.17, 15) is 15.0 Å². The van der Waals surface area contributed by atoms with E-state index in [0.29, 0.717) is 25.8 Å². The van der Waals surface area contributed by atoms with E-state index in [2.05, 4.69) is 41.1 Å². The minimum Gasteiger partial charge on any atom is -0.393 e. The molecule has 3 aromatic heterocycles. The molecular weight excluding hydrogens is 555 g/mol. The van der Waals surface area contributed by atoms with Gasteiger partial charge in [-0.05, 0) is 85.5 Å². The highest BCUT2D eigenvalue weighted by atomic mass is 32.2. The normalized spacial score (nSPS) is 35.6. The Morgan fingerprint density at radius 2 is 2.20 bits per heavy atom. The number of aliphatic hydroxyl groups is 2. The fourth-order valence-corrected chi connectivity index (χ4v) is 11.0. The van der Waals surface area contributed by atoms with Gasteiger partial charge in [-0.25, -0.2) is 9.97 Å². The number of aliphatic hydroxyl groups excluding tert-OH is 1. The molecule has 7 rings (SSSR count). The number of nitrogens with zero attached hydrogens (tertiary/aromatic N) is 5. The Kier molecular flexibility index (Phi) is 6.47. The lowest BCUT2D eigenvalue weighted by molar-refractivity contribution is -0.177. The van der Waals surface area contributed by atoms with Crippen molar-refractivity contribution in [1.29, 1.82) is 5.26 Å². The van der Waals surface area contributed by atoms with Crippen LogP contribution in [0.25, 0.3) is 16.4 Å². The summed E-state index contributed by atoms with van der Waals surface area (Å²) in [6, 6.07) is 5.98. The highest BCUT2D eigenvalue weighted by Gasteiger charge is 2.68. The molecule has 0 saturated heterocycles. The summed E-state index contributed by atoms with van der Waals surface area (Å²) >= 11 is 2.85. The van der Waals surface area contributed by atoms with Crippen LogP contribution in [0.3, 0.4) is 0 Å². The van der Waals surface area contributed by atoms with E-state index in [1.807, 2.05) is 23.0 Å². The zero-order chi connectivity index (χ0) is 28.6. The van der Waals surface area contributed by atoms with Crippen LogP contribution in [0.15, 0.2) is 34.4 Å². The van der Waals surface area contributed by atoms with E-state index in [4.69, 9.17) is 5.26 Å². The number of hydrogen-bond acceptors (Lipinski definition) is 9. The van der Waals surface area contributed by atoms with Crippen molar-refractivity contribution in [3.8, 4) is 6.07 Å². The van der Waals surface area contributed by atoms with Gasteiger partial charge in [0.25, 0.3) is 0 Å². The van der Waals surface area contributed by atoms with Gasteiger partial charge in [0.2, 0.25) is 0 Å². The second kappa shape index (κ2) is 9.73. The Morgan fingerprint density at radius 1 is 1.34 bits per heavy atom. The largest absolute Gasteiger partial charge is 0.393 e. The molecule has 3 fully saturated rings. The van der Waals surface area contributed by atoms with Crippen LogP contribution in [-0.2, 0) is 17.8 Å². The van der Waals surface area contributed by atoms with Crippen molar-refractivity contribution in [3.63, 3.8) is 0 Å². The summed E-state index contributed by atoms with van der Waals surface area (Å²) in [6.07, 6.45) is 10.1. The molecule has 2 N–H and O–H groups in total. The molecule has 0 amide bonds. The predicted molar refractivity (Wildman–Crippen MR) is 158 cm³/mol. The fourth-order valence-electron chi connectivity index (χ4n) is 9.10. The number of nitriles is 1. The number of fused-ring (bicyclic) bond motifs is 7. The molecule has 8 nitrogen and oxygen atoms in total. The van der Waals surface area contributed by atoms with Crippen molar-refractivity contribution in [1.82, 2.24) is 19.7 Å². The Balaban J connectivity index is 1.13. The first-order valence-electron chi connectivity index (χ1n) is 14.6. The van der Waals surface area contributed by atoms with E-state index in [1.54, 1.807) is 6.20 Å². The van der Waals surface area contributed by atoms with E-state index < -0.39 is 17.1 Å². The molecule has 41 heavy (non-hydrogen) atoms. The van der Waals surface area contributed by atoms with Crippen LogP contribution in [0, 0.1) is 39.9 Å². The summed E-state index contributed by atoms with van der Waals surface area (Å²) in [7, 11) is 0. The molecule has 0 spiro atoms. The molecule has 3 saturated carbocycles. The Bertz CT molecular complexity index is 1580. The summed E-state index contributed by atoms with van der Waals surface area (Å²) in [5.74, 6) is 0.496. The Hall–Kier alpha value is -2.58. The standard InChI is InChI=1S/C31H35N5O3S2/c1-29-14-18-16-34-36(12-4-10-32)23(18)13-19(29)6-7-20-21-8-9-31(39,30(21,2)15-24(37)26(20)29)25(38)17-40-28-35-22-5-3-11-33-27(22)41-28/h3,5,11,13,16,20-21,24,26,37,39H,4,6-9,12,14-15,17H2,1-2H3. The molecule has 3 aromatic rings. The van der Waals surface area contributed by atoms with Crippen molar-refractivity contribution in [2.24, 2.45) is 28.6 Å². The van der Waals surface area contributed by atoms with E-state index in [-0.39, 0.29) is 34.7 Å². The van der Waals surface area contributed by atoms with Gasteiger partial charge in [-0.15, -0.1) is 0 Å². The lowest BCUT2D eigenvalue weighted by atomic mass is 9.45. The fraction of sp³-hybridized carbons (Fsp3) is 0.581. The summed E-state index contributed by atoms with van der Waals surface area (Å²) < 4.78 is 2.73. The molecule has 7 atom stereocenters. The van der Waals surface area contributed by atoms with E-state index in [0.717, 1.165) is 46.1 Å². The number of thiazole rings is 1. The molecule has 10 heteroatoms. The molecule has 0 radical (unpaired) electrons. The van der Waals surface area contributed by atoms with Gasteiger partial charge >= 0.3 is 0 Å². The van der Waals surface area contributed by atoms with Crippen LogP contribution in [-0.4, -0.2) is 53.2 Å². The Morgan fingerprint density at radius 3 is 3.00 bits per heavy atom. The van der Waals surface area contributed by atoms with Crippen LogP contribution < -0.4 is 0 Å². The molecule has 4 aliphatic rings. The van der Waals surface area contributed by atoms with Crippen molar-refractivity contribution >= 4 is 45.3 Å². The zero-order valence-corrected chi connectivity index (χ0v) is 25.0. The van der Waals surface area contributed by atoms with Gasteiger partial charge in [-0.1, -0.05) is 42.5 Å². The number of ketones is 1. The highest BCUT2D eigenvalue weighted by Crippen LogP contribution is 2.67. The van der Waals surface area contributed by atoms with Gasteiger partial charge in [-0.2, -0.15) is 10.4 Å². The van der Waals surface area contributed by atoms with Gasteiger partial charge in [0.15, 0.2) is 10.1 Å². The number of hydrogen-bond donors (Lipinski definition) is 2. The average Bonchev–Trinajstić information content (AvgIpc) is 3.62. The summed E-state index contributed by atoms with van der Waals surface area (Å²) in [6.45, 7) is 4.94. The zero-order valence-electron chi connectivity index (χ0n) is 23.4. The molecule has 3 heterocycles.